The van der Waals surface area contributed by atoms with Gasteiger partial charge in [0.15, 0.2) is 0 Å². The van der Waals surface area contributed by atoms with E-state index in [0.29, 0.717) is 11.2 Å². The van der Waals surface area contributed by atoms with Crippen LogP contribution in [0.1, 0.15) is 45.1 Å². The van der Waals surface area contributed by atoms with Crippen LogP contribution < -0.4 is 0 Å². The monoisotopic (exact) mass is 296 g/mol. The third-order valence-electron chi connectivity index (χ3n) is 4.02. The quantitative estimate of drug-likeness (QED) is 0.649. The fourth-order valence-electron chi connectivity index (χ4n) is 3.06. The Morgan fingerprint density at radius 2 is 1.79 bits per heavy atom. The molecule has 0 saturated heterocycles. The summed E-state index contributed by atoms with van der Waals surface area (Å²) in [4.78, 5) is 1.40. The molecule has 0 bridgehead atoms. The van der Waals surface area contributed by atoms with Gasteiger partial charge < -0.3 is 4.57 Å². The average Bonchev–Trinajstić information content (AvgIpc) is 2.67. The van der Waals surface area contributed by atoms with E-state index >= 15 is 0 Å². The predicted octanol–water partition coefficient (Wildman–Crippen LogP) is 5.45. The summed E-state index contributed by atoms with van der Waals surface area (Å²) in [6.45, 7) is 6.61. The normalized spacial score (nSPS) is 22.5. The molecular formula is C16H25OPS. The number of hydrogen-bond donors (Lipinski definition) is 0. The summed E-state index contributed by atoms with van der Waals surface area (Å²) < 4.78 is 13.1. The Morgan fingerprint density at radius 1 is 1.16 bits per heavy atom. The van der Waals surface area contributed by atoms with Gasteiger partial charge in [0.2, 0.25) is 0 Å². The molecule has 1 aromatic rings. The van der Waals surface area contributed by atoms with Crippen LogP contribution >= 0.6 is 18.9 Å². The summed E-state index contributed by atoms with van der Waals surface area (Å²) in [7, 11) is -1.96. The molecular weight excluding hydrogens is 271 g/mol. The van der Waals surface area contributed by atoms with Crippen molar-refractivity contribution in [3.63, 3.8) is 0 Å². The molecule has 2 atom stereocenters. The molecule has 0 N–H and O–H groups in total. The molecule has 0 radical (unpaired) electrons. The largest absolute Gasteiger partial charge is 0.324 e. The Labute approximate surface area is 121 Å². The van der Waals surface area contributed by atoms with E-state index in [0.717, 1.165) is 31.3 Å². The maximum atomic E-state index is 13.1. The Kier molecular flexibility index (Phi) is 5.20. The summed E-state index contributed by atoms with van der Waals surface area (Å²) >= 11 is 1.95. The van der Waals surface area contributed by atoms with Crippen molar-refractivity contribution in [3.8, 4) is 0 Å². The van der Waals surface area contributed by atoms with Gasteiger partial charge in [-0.1, -0.05) is 39.0 Å². The smallest absolute Gasteiger partial charge is 0.0888 e. The van der Waals surface area contributed by atoms with Crippen LogP contribution in [0.15, 0.2) is 29.2 Å². The van der Waals surface area contributed by atoms with E-state index in [1.807, 2.05) is 11.8 Å². The van der Waals surface area contributed by atoms with Crippen LogP contribution in [0.25, 0.3) is 0 Å². The maximum Gasteiger partial charge on any atom is 0.0888 e. The molecule has 1 aliphatic heterocycles. The molecule has 0 aromatic heterocycles. The van der Waals surface area contributed by atoms with Gasteiger partial charge in [-0.2, -0.15) is 0 Å². The average molecular weight is 296 g/mol. The van der Waals surface area contributed by atoms with Crippen LogP contribution in [0.5, 0.6) is 0 Å². The SMILES string of the molecule is CCCP(=O)(CCC)CC1Sc2ccccc2C1C. The Hall–Kier alpha value is -0.200. The zero-order chi connectivity index (χ0) is 13.9. The molecule has 2 rings (SSSR count). The first-order chi connectivity index (χ1) is 9.09. The molecule has 106 valence electrons. The summed E-state index contributed by atoms with van der Waals surface area (Å²) in [5.41, 5.74) is 1.46. The highest BCUT2D eigenvalue weighted by Crippen LogP contribution is 2.55. The van der Waals surface area contributed by atoms with Crippen molar-refractivity contribution < 1.29 is 4.57 Å². The van der Waals surface area contributed by atoms with E-state index in [2.05, 4.69) is 45.0 Å². The van der Waals surface area contributed by atoms with E-state index in [4.69, 9.17) is 0 Å². The van der Waals surface area contributed by atoms with E-state index in [9.17, 15) is 4.57 Å². The predicted molar refractivity (Wildman–Crippen MR) is 87.3 cm³/mol. The third kappa shape index (κ3) is 3.47. The summed E-state index contributed by atoms with van der Waals surface area (Å²) in [5.74, 6) is 0.545. The topological polar surface area (TPSA) is 17.1 Å². The number of rotatable bonds is 6. The zero-order valence-electron chi connectivity index (χ0n) is 12.3. The molecule has 19 heavy (non-hydrogen) atoms. The summed E-state index contributed by atoms with van der Waals surface area (Å²) in [5, 5.41) is 0.515. The minimum Gasteiger partial charge on any atom is -0.324 e. The van der Waals surface area contributed by atoms with Crippen molar-refractivity contribution in [1.82, 2.24) is 0 Å². The van der Waals surface area contributed by atoms with Crippen LogP contribution in [0.3, 0.4) is 0 Å². The molecule has 1 heterocycles. The second-order valence-electron chi connectivity index (χ2n) is 5.67. The number of benzene rings is 1. The molecule has 1 aliphatic rings. The lowest BCUT2D eigenvalue weighted by Gasteiger charge is -2.23. The van der Waals surface area contributed by atoms with Gasteiger partial charge in [-0.15, -0.1) is 11.8 Å². The lowest BCUT2D eigenvalue weighted by molar-refractivity contribution is 0.569. The second kappa shape index (κ2) is 6.50. The van der Waals surface area contributed by atoms with Gasteiger partial charge in [0.25, 0.3) is 0 Å². The Morgan fingerprint density at radius 3 is 2.37 bits per heavy atom. The fraction of sp³-hybridized carbons (Fsp3) is 0.625. The Bertz CT molecular complexity index is 462. The second-order valence-corrected chi connectivity index (χ2v) is 10.3. The first kappa shape index (κ1) is 15.2. The number of hydrogen-bond acceptors (Lipinski definition) is 2. The van der Waals surface area contributed by atoms with Crippen LogP contribution in [0.4, 0.5) is 0 Å². The van der Waals surface area contributed by atoms with Gasteiger partial charge >= 0.3 is 0 Å². The molecule has 0 spiro atoms. The van der Waals surface area contributed by atoms with E-state index < -0.39 is 7.14 Å². The van der Waals surface area contributed by atoms with Crippen LogP contribution in [-0.4, -0.2) is 23.7 Å². The molecule has 1 aromatic carbocycles. The van der Waals surface area contributed by atoms with Crippen molar-refractivity contribution in [2.24, 2.45) is 0 Å². The third-order valence-corrected chi connectivity index (χ3v) is 9.35. The lowest BCUT2D eigenvalue weighted by Crippen LogP contribution is -2.15. The van der Waals surface area contributed by atoms with Crippen LogP contribution in [0.2, 0.25) is 0 Å². The highest BCUT2D eigenvalue weighted by molar-refractivity contribution is 8.00. The van der Waals surface area contributed by atoms with Crippen molar-refractivity contribution in [2.45, 2.75) is 49.7 Å². The minimum atomic E-state index is -1.96. The van der Waals surface area contributed by atoms with E-state index in [-0.39, 0.29) is 0 Å². The minimum absolute atomic E-state index is 0.515. The first-order valence-corrected chi connectivity index (χ1v) is 10.6. The zero-order valence-corrected chi connectivity index (χ0v) is 14.0. The summed E-state index contributed by atoms with van der Waals surface area (Å²) in [6, 6.07) is 8.67. The van der Waals surface area contributed by atoms with Gasteiger partial charge in [-0.3, -0.25) is 0 Å². The van der Waals surface area contributed by atoms with Crippen molar-refractivity contribution in [2.75, 3.05) is 18.5 Å². The number of thioether (sulfide) groups is 1. The van der Waals surface area contributed by atoms with Gasteiger partial charge in [0.05, 0.1) is 7.14 Å². The van der Waals surface area contributed by atoms with Crippen molar-refractivity contribution in [3.05, 3.63) is 29.8 Å². The fourth-order valence-corrected chi connectivity index (χ4v) is 8.59. The molecule has 0 fully saturated rings. The van der Waals surface area contributed by atoms with Gasteiger partial charge in [-0.25, -0.2) is 0 Å². The van der Waals surface area contributed by atoms with Gasteiger partial charge in [-0.05, 0) is 30.4 Å². The van der Waals surface area contributed by atoms with Crippen LogP contribution in [0, 0.1) is 0 Å². The molecule has 2 unspecified atom stereocenters. The highest BCUT2D eigenvalue weighted by Gasteiger charge is 2.34. The number of fused-ring (bicyclic) bond motifs is 1. The summed E-state index contributed by atoms with van der Waals surface area (Å²) in [6.07, 6.45) is 4.89. The van der Waals surface area contributed by atoms with Crippen molar-refractivity contribution in [1.29, 1.82) is 0 Å². The first-order valence-electron chi connectivity index (χ1n) is 7.42. The maximum absolute atomic E-state index is 13.1. The highest BCUT2D eigenvalue weighted by atomic mass is 32.2. The Balaban J connectivity index is 2.11. The standard InChI is InChI=1S/C16H25OPS/c1-4-10-18(17,11-5-2)12-16-13(3)14-8-6-7-9-15(14)19-16/h6-9,13,16H,4-5,10-12H2,1-3H3. The van der Waals surface area contributed by atoms with E-state index in [1.165, 1.54) is 10.5 Å². The van der Waals surface area contributed by atoms with Crippen LogP contribution in [-0.2, 0) is 4.57 Å². The molecule has 1 nitrogen and oxygen atoms in total. The molecule has 3 heteroatoms. The van der Waals surface area contributed by atoms with Gasteiger partial charge in [0, 0.05) is 28.6 Å². The lowest BCUT2D eigenvalue weighted by atomic mass is 9.99. The van der Waals surface area contributed by atoms with Crippen molar-refractivity contribution >= 4 is 18.9 Å². The van der Waals surface area contributed by atoms with E-state index in [1.54, 1.807) is 0 Å². The molecule has 0 aliphatic carbocycles. The van der Waals surface area contributed by atoms with Gasteiger partial charge in [0.1, 0.15) is 0 Å². The molecule has 0 saturated carbocycles. The molecule has 0 amide bonds.